The van der Waals surface area contributed by atoms with E-state index in [1.807, 2.05) is 13.8 Å². The molecule has 27 heavy (non-hydrogen) atoms. The molecule has 1 N–H and O–H groups in total. The van der Waals surface area contributed by atoms with Crippen molar-refractivity contribution in [2.45, 2.75) is 13.8 Å². The maximum atomic E-state index is 13.4. The van der Waals surface area contributed by atoms with Gasteiger partial charge in [-0.05, 0) is 55.8 Å². The molecule has 0 bridgehead atoms. The van der Waals surface area contributed by atoms with E-state index in [1.54, 1.807) is 24.3 Å². The molecular weight excluding hydrogens is 369 g/mol. The second kappa shape index (κ2) is 8.11. The lowest BCUT2D eigenvalue weighted by atomic mass is 10.1. The van der Waals surface area contributed by atoms with Gasteiger partial charge in [0.15, 0.2) is 11.5 Å². The molecule has 3 rings (SSSR count). The van der Waals surface area contributed by atoms with Gasteiger partial charge in [-0.15, -0.1) is 0 Å². The van der Waals surface area contributed by atoms with E-state index in [2.05, 4.69) is 16.0 Å². The smallest absolute Gasteiger partial charge is 0.179 e. The van der Waals surface area contributed by atoms with Gasteiger partial charge >= 0.3 is 0 Å². The van der Waals surface area contributed by atoms with Crippen molar-refractivity contribution < 1.29 is 13.9 Å². The number of nitriles is 1. The van der Waals surface area contributed by atoms with Crippen LogP contribution in [0.15, 0.2) is 30.3 Å². The first-order valence-electron chi connectivity index (χ1n) is 8.42. The molecule has 0 aliphatic carbocycles. The van der Waals surface area contributed by atoms with Crippen molar-refractivity contribution in [2.24, 2.45) is 0 Å². The van der Waals surface area contributed by atoms with Crippen LogP contribution in [0.3, 0.4) is 0 Å². The number of fused-ring (bicyclic) bond motifs is 1. The van der Waals surface area contributed by atoms with E-state index in [0.717, 1.165) is 0 Å². The number of H-pyrrole nitrogens is 1. The highest BCUT2D eigenvalue weighted by atomic mass is 35.5. The van der Waals surface area contributed by atoms with Crippen LogP contribution in [0.4, 0.5) is 4.39 Å². The Morgan fingerprint density at radius 1 is 1.26 bits per heavy atom. The number of benzene rings is 2. The Labute approximate surface area is 161 Å². The van der Waals surface area contributed by atoms with Crippen LogP contribution in [-0.2, 0) is 0 Å². The van der Waals surface area contributed by atoms with Crippen molar-refractivity contribution in [1.82, 2.24) is 9.97 Å². The Hall–Kier alpha value is -3.04. The molecule has 3 aromatic rings. The highest BCUT2D eigenvalue weighted by molar-refractivity contribution is 6.32. The minimum Gasteiger partial charge on any atom is -0.490 e. The number of nitrogens with one attached hydrogen (secondary N) is 1. The number of aromatic nitrogens is 2. The van der Waals surface area contributed by atoms with Gasteiger partial charge in [-0.3, -0.25) is 0 Å². The number of ether oxygens (including phenoxy) is 2. The normalized spacial score (nSPS) is 11.4. The van der Waals surface area contributed by atoms with Crippen LogP contribution in [-0.4, -0.2) is 23.2 Å². The Bertz CT molecular complexity index is 1050. The van der Waals surface area contributed by atoms with Crippen molar-refractivity contribution in [3.8, 4) is 17.6 Å². The van der Waals surface area contributed by atoms with Gasteiger partial charge < -0.3 is 14.5 Å². The average Bonchev–Trinajstić information content (AvgIpc) is 3.05. The van der Waals surface area contributed by atoms with Gasteiger partial charge in [0.2, 0.25) is 0 Å². The van der Waals surface area contributed by atoms with Gasteiger partial charge in [-0.25, -0.2) is 9.37 Å². The highest BCUT2D eigenvalue weighted by Crippen LogP contribution is 2.37. The first kappa shape index (κ1) is 18.7. The maximum absolute atomic E-state index is 13.4. The zero-order valence-electron chi connectivity index (χ0n) is 14.8. The number of nitrogens with zero attached hydrogens (tertiary/aromatic N) is 2. The zero-order valence-corrected chi connectivity index (χ0v) is 15.6. The number of hydrogen-bond donors (Lipinski definition) is 1. The van der Waals surface area contributed by atoms with Crippen molar-refractivity contribution in [3.05, 3.63) is 52.6 Å². The van der Waals surface area contributed by atoms with Crippen LogP contribution in [0.5, 0.6) is 11.5 Å². The standard InChI is InChI=1S/C20H17ClFN3O2/c1-3-26-18-9-12(8-15(21)19(18)27-4-2)7-13(11-23)20-24-16-6-5-14(22)10-17(16)25-20/h5-10H,3-4H2,1-2H3,(H,24,25)/b13-7-. The quantitative estimate of drug-likeness (QED) is 0.591. The van der Waals surface area contributed by atoms with Crippen LogP contribution in [0.2, 0.25) is 5.02 Å². The number of hydrogen-bond acceptors (Lipinski definition) is 4. The number of aromatic amines is 1. The molecule has 1 heterocycles. The van der Waals surface area contributed by atoms with Gasteiger partial charge in [-0.1, -0.05) is 11.6 Å². The van der Waals surface area contributed by atoms with Crippen LogP contribution in [0.1, 0.15) is 25.2 Å². The highest BCUT2D eigenvalue weighted by Gasteiger charge is 2.14. The molecule has 0 radical (unpaired) electrons. The third kappa shape index (κ3) is 4.04. The van der Waals surface area contributed by atoms with Gasteiger partial charge in [-0.2, -0.15) is 5.26 Å². The lowest BCUT2D eigenvalue weighted by molar-refractivity contribution is 0.288. The second-order valence-electron chi connectivity index (χ2n) is 5.61. The van der Waals surface area contributed by atoms with Crippen molar-refractivity contribution in [2.75, 3.05) is 13.2 Å². The predicted molar refractivity (Wildman–Crippen MR) is 103 cm³/mol. The molecule has 7 heteroatoms. The largest absolute Gasteiger partial charge is 0.490 e. The maximum Gasteiger partial charge on any atom is 0.179 e. The summed E-state index contributed by atoms with van der Waals surface area (Å²) in [4.78, 5) is 7.31. The molecular formula is C20H17ClFN3O2. The van der Waals surface area contributed by atoms with Crippen LogP contribution < -0.4 is 9.47 Å². The molecule has 1 aromatic heterocycles. The lowest BCUT2D eigenvalue weighted by Gasteiger charge is -2.13. The molecule has 0 fully saturated rings. The van der Waals surface area contributed by atoms with Crippen LogP contribution in [0, 0.1) is 17.1 Å². The predicted octanol–water partition coefficient (Wildman–Crippen LogP) is 5.22. The summed E-state index contributed by atoms with van der Waals surface area (Å²) < 4.78 is 24.5. The van der Waals surface area contributed by atoms with Crippen molar-refractivity contribution in [1.29, 1.82) is 5.26 Å². The Morgan fingerprint density at radius 3 is 2.74 bits per heavy atom. The van der Waals surface area contributed by atoms with Gasteiger partial charge in [0.1, 0.15) is 17.7 Å². The second-order valence-corrected chi connectivity index (χ2v) is 6.02. The first-order chi connectivity index (χ1) is 13.0. The third-order valence-corrected chi connectivity index (χ3v) is 4.03. The summed E-state index contributed by atoms with van der Waals surface area (Å²) in [6.45, 7) is 4.62. The lowest BCUT2D eigenvalue weighted by Crippen LogP contribution is -1.99. The number of halogens is 2. The Kier molecular flexibility index (Phi) is 5.63. The summed E-state index contributed by atoms with van der Waals surface area (Å²) >= 11 is 6.32. The van der Waals surface area contributed by atoms with Crippen molar-refractivity contribution in [3.63, 3.8) is 0 Å². The number of allylic oxidation sites excluding steroid dienone is 1. The number of imidazole rings is 1. The molecule has 0 atom stereocenters. The SMILES string of the molecule is CCOc1cc(/C=C(/C#N)c2nc3ccc(F)cc3[nH]2)cc(Cl)c1OCC. The summed E-state index contributed by atoms with van der Waals surface area (Å²) in [6.07, 6.45) is 1.64. The van der Waals surface area contributed by atoms with Crippen LogP contribution >= 0.6 is 11.6 Å². The average molecular weight is 386 g/mol. The monoisotopic (exact) mass is 385 g/mol. The summed E-state index contributed by atoms with van der Waals surface area (Å²) in [7, 11) is 0. The van der Waals surface area contributed by atoms with Gasteiger partial charge in [0.05, 0.1) is 34.8 Å². The molecule has 0 saturated heterocycles. The van der Waals surface area contributed by atoms with Crippen LogP contribution in [0.25, 0.3) is 22.7 Å². The fraction of sp³-hybridized carbons (Fsp3) is 0.200. The van der Waals surface area contributed by atoms with Gasteiger partial charge in [0.25, 0.3) is 0 Å². The Morgan fingerprint density at radius 2 is 2.04 bits per heavy atom. The molecule has 0 unspecified atom stereocenters. The Balaban J connectivity index is 2.05. The summed E-state index contributed by atoms with van der Waals surface area (Å²) in [5.74, 6) is 0.943. The first-order valence-corrected chi connectivity index (χ1v) is 8.80. The number of rotatable bonds is 6. The fourth-order valence-electron chi connectivity index (χ4n) is 2.65. The minimum atomic E-state index is -0.375. The van der Waals surface area contributed by atoms with E-state index in [9.17, 15) is 9.65 Å². The van der Waals surface area contributed by atoms with E-state index in [4.69, 9.17) is 21.1 Å². The molecule has 138 valence electrons. The minimum absolute atomic E-state index is 0.286. The molecule has 0 aliphatic heterocycles. The fourth-order valence-corrected chi connectivity index (χ4v) is 2.92. The van der Waals surface area contributed by atoms with Gasteiger partial charge in [0, 0.05) is 0 Å². The third-order valence-electron chi connectivity index (χ3n) is 3.75. The van der Waals surface area contributed by atoms with E-state index >= 15 is 0 Å². The topological polar surface area (TPSA) is 70.9 Å². The summed E-state index contributed by atoms with van der Waals surface area (Å²) in [5, 5.41) is 9.95. The molecule has 0 saturated carbocycles. The molecule has 0 spiro atoms. The molecule has 0 amide bonds. The van der Waals surface area contributed by atoms with E-state index in [1.165, 1.54) is 12.1 Å². The molecule has 5 nitrogen and oxygen atoms in total. The summed E-state index contributed by atoms with van der Waals surface area (Å²) in [6, 6.07) is 9.76. The molecule has 0 aliphatic rings. The van der Waals surface area contributed by atoms with Crippen molar-refractivity contribution >= 4 is 34.3 Å². The zero-order chi connectivity index (χ0) is 19.4. The van der Waals surface area contributed by atoms with E-state index < -0.39 is 0 Å². The molecule has 2 aromatic carbocycles. The van der Waals surface area contributed by atoms with E-state index in [0.29, 0.717) is 52.2 Å². The van der Waals surface area contributed by atoms with E-state index in [-0.39, 0.29) is 11.4 Å². The summed E-state index contributed by atoms with van der Waals surface area (Å²) in [5.41, 5.74) is 2.04.